The Morgan fingerprint density at radius 2 is 2.05 bits per heavy atom. The number of aryl methyl sites for hydroxylation is 3. The zero-order valence-corrected chi connectivity index (χ0v) is 12.8. The molecule has 4 nitrogen and oxygen atoms in total. The predicted molar refractivity (Wildman–Crippen MR) is 83.9 cm³/mol. The summed E-state index contributed by atoms with van der Waals surface area (Å²) in [6.07, 6.45) is 0. The van der Waals surface area contributed by atoms with Gasteiger partial charge in [0.25, 0.3) is 0 Å². The van der Waals surface area contributed by atoms with Gasteiger partial charge in [0, 0.05) is 13.1 Å². The number of nitrogens with two attached hydrogens (primary N) is 1. The Kier molecular flexibility index (Phi) is 3.31. The SMILES string of the molecule is CCn1c(-c2sc(C)nc2C)nc2cc(CN)ccc21. The average Bonchev–Trinajstić information content (AvgIpc) is 2.96. The Morgan fingerprint density at radius 3 is 2.65 bits per heavy atom. The number of rotatable bonds is 3. The van der Waals surface area contributed by atoms with Crippen molar-refractivity contribution >= 4 is 22.4 Å². The van der Waals surface area contributed by atoms with Crippen LogP contribution >= 0.6 is 11.3 Å². The summed E-state index contributed by atoms with van der Waals surface area (Å²) < 4.78 is 2.25. The van der Waals surface area contributed by atoms with Crippen LogP contribution in [0, 0.1) is 13.8 Å². The first kappa shape index (κ1) is 13.3. The summed E-state index contributed by atoms with van der Waals surface area (Å²) in [5.74, 6) is 1.01. The van der Waals surface area contributed by atoms with E-state index in [9.17, 15) is 0 Å². The first-order valence-electron chi connectivity index (χ1n) is 6.77. The number of hydrogen-bond donors (Lipinski definition) is 1. The number of hydrogen-bond acceptors (Lipinski definition) is 4. The van der Waals surface area contributed by atoms with E-state index in [-0.39, 0.29) is 0 Å². The lowest BCUT2D eigenvalue weighted by Gasteiger charge is -2.04. The van der Waals surface area contributed by atoms with E-state index in [2.05, 4.69) is 34.7 Å². The summed E-state index contributed by atoms with van der Waals surface area (Å²) in [5.41, 5.74) is 10.0. The number of benzene rings is 1. The van der Waals surface area contributed by atoms with Crippen LogP contribution in [0.4, 0.5) is 0 Å². The Bertz CT molecular complexity index is 770. The molecule has 2 N–H and O–H groups in total. The molecule has 5 heteroatoms. The molecule has 0 spiro atoms. The molecule has 3 rings (SSSR count). The topological polar surface area (TPSA) is 56.7 Å². The summed E-state index contributed by atoms with van der Waals surface area (Å²) in [4.78, 5) is 10.5. The number of aromatic nitrogens is 3. The highest BCUT2D eigenvalue weighted by atomic mass is 32.1. The minimum Gasteiger partial charge on any atom is -0.326 e. The third-order valence-corrected chi connectivity index (χ3v) is 4.54. The lowest BCUT2D eigenvalue weighted by molar-refractivity contribution is 0.797. The van der Waals surface area contributed by atoms with Crippen LogP contribution in [0.1, 0.15) is 23.2 Å². The maximum absolute atomic E-state index is 5.71. The zero-order chi connectivity index (χ0) is 14.3. The van der Waals surface area contributed by atoms with E-state index in [1.807, 2.05) is 13.8 Å². The van der Waals surface area contributed by atoms with E-state index in [1.165, 1.54) is 0 Å². The highest BCUT2D eigenvalue weighted by molar-refractivity contribution is 7.15. The first-order valence-corrected chi connectivity index (χ1v) is 7.59. The molecule has 0 fully saturated rings. The van der Waals surface area contributed by atoms with Gasteiger partial charge in [-0.2, -0.15) is 0 Å². The van der Waals surface area contributed by atoms with E-state index in [4.69, 9.17) is 10.7 Å². The molecule has 2 heterocycles. The van der Waals surface area contributed by atoms with E-state index in [0.717, 1.165) is 44.5 Å². The average molecular weight is 286 g/mol. The maximum Gasteiger partial charge on any atom is 0.153 e. The van der Waals surface area contributed by atoms with Gasteiger partial charge in [-0.25, -0.2) is 9.97 Å². The molecule has 0 aliphatic carbocycles. The van der Waals surface area contributed by atoms with E-state index < -0.39 is 0 Å². The van der Waals surface area contributed by atoms with Crippen molar-refractivity contribution in [2.75, 3.05) is 0 Å². The highest BCUT2D eigenvalue weighted by Gasteiger charge is 2.16. The normalized spacial score (nSPS) is 11.4. The lowest BCUT2D eigenvalue weighted by Crippen LogP contribution is -1.98. The Balaban J connectivity index is 2.27. The van der Waals surface area contributed by atoms with Crippen molar-refractivity contribution in [3.8, 4) is 10.7 Å². The van der Waals surface area contributed by atoms with E-state index in [1.54, 1.807) is 11.3 Å². The number of nitrogens with zero attached hydrogens (tertiary/aromatic N) is 3. The van der Waals surface area contributed by atoms with Crippen molar-refractivity contribution in [1.82, 2.24) is 14.5 Å². The van der Waals surface area contributed by atoms with Gasteiger partial charge < -0.3 is 10.3 Å². The van der Waals surface area contributed by atoms with Gasteiger partial charge in [-0.1, -0.05) is 6.07 Å². The van der Waals surface area contributed by atoms with Gasteiger partial charge in [-0.05, 0) is 38.5 Å². The van der Waals surface area contributed by atoms with Crippen LogP contribution < -0.4 is 5.73 Å². The smallest absolute Gasteiger partial charge is 0.153 e. The molecule has 0 aliphatic heterocycles. The van der Waals surface area contributed by atoms with Gasteiger partial charge in [0.2, 0.25) is 0 Å². The van der Waals surface area contributed by atoms with Gasteiger partial charge in [0.15, 0.2) is 5.82 Å². The molecule has 1 aromatic carbocycles. The van der Waals surface area contributed by atoms with Crippen LogP contribution in [0.5, 0.6) is 0 Å². The second kappa shape index (κ2) is 5.00. The van der Waals surface area contributed by atoms with Crippen molar-refractivity contribution in [1.29, 1.82) is 0 Å². The molecule has 0 saturated carbocycles. The van der Waals surface area contributed by atoms with Crippen LogP contribution in [0.3, 0.4) is 0 Å². The molecule has 2 aromatic heterocycles. The lowest BCUT2D eigenvalue weighted by atomic mass is 10.2. The van der Waals surface area contributed by atoms with E-state index >= 15 is 0 Å². The Labute approximate surface area is 122 Å². The molecular formula is C15H18N4S. The number of imidazole rings is 1. The quantitative estimate of drug-likeness (QED) is 0.804. The highest BCUT2D eigenvalue weighted by Crippen LogP contribution is 2.32. The second-order valence-electron chi connectivity index (χ2n) is 4.85. The van der Waals surface area contributed by atoms with Crippen molar-refractivity contribution < 1.29 is 0 Å². The van der Waals surface area contributed by atoms with Crippen molar-refractivity contribution in [2.24, 2.45) is 5.73 Å². The minimum atomic E-state index is 0.545. The number of fused-ring (bicyclic) bond motifs is 1. The Morgan fingerprint density at radius 1 is 1.25 bits per heavy atom. The third-order valence-electron chi connectivity index (χ3n) is 3.47. The van der Waals surface area contributed by atoms with Gasteiger partial charge in [-0.15, -0.1) is 11.3 Å². The largest absolute Gasteiger partial charge is 0.326 e. The summed E-state index contributed by atoms with van der Waals surface area (Å²) in [7, 11) is 0. The van der Waals surface area contributed by atoms with Gasteiger partial charge in [-0.3, -0.25) is 0 Å². The standard InChI is InChI=1S/C15H18N4S/c1-4-19-13-6-5-11(8-16)7-12(13)18-15(19)14-9(2)17-10(3)20-14/h5-7H,4,8,16H2,1-3H3. The fraction of sp³-hybridized carbons (Fsp3) is 0.333. The van der Waals surface area contributed by atoms with Crippen LogP contribution in [-0.2, 0) is 13.1 Å². The van der Waals surface area contributed by atoms with Gasteiger partial charge in [0.05, 0.1) is 26.6 Å². The van der Waals surface area contributed by atoms with Gasteiger partial charge >= 0.3 is 0 Å². The maximum atomic E-state index is 5.71. The molecular weight excluding hydrogens is 268 g/mol. The van der Waals surface area contributed by atoms with E-state index in [0.29, 0.717) is 6.54 Å². The van der Waals surface area contributed by atoms with Gasteiger partial charge in [0.1, 0.15) is 0 Å². The van der Waals surface area contributed by atoms with Crippen molar-refractivity contribution in [2.45, 2.75) is 33.9 Å². The molecule has 0 unspecified atom stereocenters. The van der Waals surface area contributed by atoms with Crippen molar-refractivity contribution in [3.63, 3.8) is 0 Å². The zero-order valence-electron chi connectivity index (χ0n) is 12.0. The molecule has 3 aromatic rings. The third kappa shape index (κ3) is 2.03. The molecule has 0 aliphatic rings. The van der Waals surface area contributed by atoms with Crippen LogP contribution in [-0.4, -0.2) is 14.5 Å². The fourth-order valence-electron chi connectivity index (χ4n) is 2.53. The molecule has 20 heavy (non-hydrogen) atoms. The first-order chi connectivity index (χ1) is 9.63. The molecule has 104 valence electrons. The summed E-state index contributed by atoms with van der Waals surface area (Å²) in [6.45, 7) is 7.66. The van der Waals surface area contributed by atoms with Crippen LogP contribution in [0.25, 0.3) is 21.7 Å². The summed E-state index contributed by atoms with van der Waals surface area (Å²) >= 11 is 1.70. The fourth-order valence-corrected chi connectivity index (χ4v) is 3.45. The van der Waals surface area contributed by atoms with Crippen LogP contribution in [0.2, 0.25) is 0 Å². The monoisotopic (exact) mass is 286 g/mol. The molecule has 0 atom stereocenters. The summed E-state index contributed by atoms with van der Waals surface area (Å²) in [6, 6.07) is 6.26. The number of thiazole rings is 1. The molecule has 0 bridgehead atoms. The molecule has 0 saturated heterocycles. The minimum absolute atomic E-state index is 0.545. The molecule has 0 amide bonds. The van der Waals surface area contributed by atoms with Crippen LogP contribution in [0.15, 0.2) is 18.2 Å². The second-order valence-corrected chi connectivity index (χ2v) is 6.06. The Hall–Kier alpha value is -1.72. The molecule has 0 radical (unpaired) electrons. The summed E-state index contributed by atoms with van der Waals surface area (Å²) in [5, 5.41) is 1.08. The van der Waals surface area contributed by atoms with Crippen molar-refractivity contribution in [3.05, 3.63) is 34.5 Å². The predicted octanol–water partition coefficient (Wildman–Crippen LogP) is 3.26.